The molecular weight excluding hydrogens is 194 g/mol. The summed E-state index contributed by atoms with van der Waals surface area (Å²) in [6.07, 6.45) is 2.29. The minimum Gasteiger partial charge on any atom is -0.396 e. The van der Waals surface area contributed by atoms with Crippen molar-refractivity contribution in [3.05, 3.63) is 21.9 Å². The van der Waals surface area contributed by atoms with Gasteiger partial charge in [-0.1, -0.05) is 0 Å². The lowest BCUT2D eigenvalue weighted by molar-refractivity contribution is 0.176. The van der Waals surface area contributed by atoms with E-state index in [9.17, 15) is 5.11 Å². The number of rotatable bonds is 4. The number of aliphatic hydroxyl groups is 1. The second-order valence-electron chi connectivity index (χ2n) is 4.21. The summed E-state index contributed by atoms with van der Waals surface area (Å²) in [4.78, 5) is 1.39. The van der Waals surface area contributed by atoms with Crippen molar-refractivity contribution >= 4 is 11.3 Å². The molecule has 0 aliphatic heterocycles. The van der Waals surface area contributed by atoms with Gasteiger partial charge in [0.15, 0.2) is 0 Å². The molecule has 1 atom stereocenters. The Balaban J connectivity index is 2.26. The highest BCUT2D eigenvalue weighted by Crippen LogP contribution is 2.55. The Morgan fingerprint density at radius 1 is 1.64 bits per heavy atom. The highest BCUT2D eigenvalue weighted by molar-refractivity contribution is 7.10. The summed E-state index contributed by atoms with van der Waals surface area (Å²) in [5.74, 6) is 0. The highest BCUT2D eigenvalue weighted by atomic mass is 32.1. The molecule has 1 aliphatic carbocycles. The molecule has 1 aliphatic rings. The molecule has 78 valence electrons. The third kappa shape index (κ3) is 1.49. The zero-order chi connectivity index (χ0) is 10.2. The first-order valence-corrected chi connectivity index (χ1v) is 5.93. The third-order valence-corrected chi connectivity index (χ3v) is 4.36. The maximum absolute atomic E-state index is 9.41. The molecule has 1 unspecified atom stereocenters. The van der Waals surface area contributed by atoms with E-state index in [2.05, 4.69) is 23.7 Å². The Hall–Kier alpha value is -0.380. The van der Waals surface area contributed by atoms with Gasteiger partial charge in [0.1, 0.15) is 0 Å². The Kier molecular flexibility index (Phi) is 2.64. The lowest BCUT2D eigenvalue weighted by Crippen LogP contribution is -2.28. The molecule has 0 aromatic carbocycles. The van der Waals surface area contributed by atoms with Crippen molar-refractivity contribution in [2.45, 2.75) is 25.8 Å². The Bertz CT molecular complexity index is 317. The van der Waals surface area contributed by atoms with Crippen LogP contribution in [0.5, 0.6) is 0 Å². The van der Waals surface area contributed by atoms with Crippen LogP contribution in [-0.2, 0) is 0 Å². The molecular formula is C11H17NOS. The Labute approximate surface area is 89.0 Å². The molecule has 1 aromatic heterocycles. The number of thiophene rings is 1. The minimum atomic E-state index is 0.129. The summed E-state index contributed by atoms with van der Waals surface area (Å²) in [6.45, 7) is 2.44. The molecule has 2 N–H and O–H groups in total. The molecule has 1 heterocycles. The van der Waals surface area contributed by atoms with Crippen LogP contribution in [0.3, 0.4) is 0 Å². The van der Waals surface area contributed by atoms with Gasteiger partial charge >= 0.3 is 0 Å². The van der Waals surface area contributed by atoms with Crippen LogP contribution in [-0.4, -0.2) is 18.8 Å². The van der Waals surface area contributed by atoms with E-state index in [1.54, 1.807) is 11.3 Å². The van der Waals surface area contributed by atoms with Gasteiger partial charge in [-0.2, -0.15) is 0 Å². The zero-order valence-corrected chi connectivity index (χ0v) is 9.53. The molecule has 3 heteroatoms. The van der Waals surface area contributed by atoms with E-state index in [0.29, 0.717) is 12.6 Å². The van der Waals surface area contributed by atoms with Crippen LogP contribution in [0.15, 0.2) is 11.4 Å². The molecule has 0 radical (unpaired) electrons. The van der Waals surface area contributed by atoms with Crippen LogP contribution < -0.4 is 5.32 Å². The maximum atomic E-state index is 9.41. The van der Waals surface area contributed by atoms with E-state index in [0.717, 1.165) is 12.8 Å². The second-order valence-corrected chi connectivity index (χ2v) is 5.16. The van der Waals surface area contributed by atoms with E-state index in [1.807, 2.05) is 7.05 Å². The van der Waals surface area contributed by atoms with Gasteiger partial charge in [-0.05, 0) is 43.8 Å². The topological polar surface area (TPSA) is 32.3 Å². The number of nitrogens with one attached hydrogen (secondary N) is 1. The van der Waals surface area contributed by atoms with Crippen molar-refractivity contribution in [1.29, 1.82) is 0 Å². The van der Waals surface area contributed by atoms with Crippen molar-refractivity contribution in [3.8, 4) is 0 Å². The molecule has 0 bridgehead atoms. The molecule has 2 nitrogen and oxygen atoms in total. The van der Waals surface area contributed by atoms with E-state index in [1.165, 1.54) is 10.4 Å². The normalized spacial score (nSPS) is 20.8. The van der Waals surface area contributed by atoms with Gasteiger partial charge in [-0.25, -0.2) is 0 Å². The average Bonchev–Trinajstić information content (AvgIpc) is 2.88. The van der Waals surface area contributed by atoms with Gasteiger partial charge in [0.05, 0.1) is 6.61 Å². The number of hydrogen-bond acceptors (Lipinski definition) is 3. The zero-order valence-electron chi connectivity index (χ0n) is 8.71. The molecule has 2 rings (SSSR count). The smallest absolute Gasteiger partial charge is 0.0505 e. The van der Waals surface area contributed by atoms with Crippen LogP contribution in [0, 0.1) is 12.3 Å². The van der Waals surface area contributed by atoms with Crippen molar-refractivity contribution in [3.63, 3.8) is 0 Å². The number of aliphatic hydroxyl groups excluding tert-OH is 1. The lowest BCUT2D eigenvalue weighted by atomic mass is 9.94. The van der Waals surface area contributed by atoms with E-state index in [4.69, 9.17) is 0 Å². The molecule has 14 heavy (non-hydrogen) atoms. The van der Waals surface area contributed by atoms with E-state index < -0.39 is 0 Å². The quantitative estimate of drug-likeness (QED) is 0.799. The highest BCUT2D eigenvalue weighted by Gasteiger charge is 2.49. The van der Waals surface area contributed by atoms with Crippen molar-refractivity contribution in [1.82, 2.24) is 5.32 Å². The monoisotopic (exact) mass is 211 g/mol. The summed E-state index contributed by atoms with van der Waals surface area (Å²) in [5, 5.41) is 14.9. The SMILES string of the molecule is CNC(c1sccc1C)C1(CO)CC1. The van der Waals surface area contributed by atoms with Crippen LogP contribution in [0.25, 0.3) is 0 Å². The predicted molar refractivity (Wildman–Crippen MR) is 59.6 cm³/mol. The van der Waals surface area contributed by atoms with Crippen LogP contribution in [0.4, 0.5) is 0 Å². The molecule has 1 saturated carbocycles. The number of hydrogen-bond donors (Lipinski definition) is 2. The summed E-state index contributed by atoms with van der Waals surface area (Å²) >= 11 is 1.79. The molecule has 0 amide bonds. The fourth-order valence-electron chi connectivity index (χ4n) is 2.09. The molecule has 0 saturated heterocycles. The van der Waals surface area contributed by atoms with Crippen molar-refractivity contribution < 1.29 is 5.11 Å². The van der Waals surface area contributed by atoms with Crippen molar-refractivity contribution in [2.75, 3.05) is 13.7 Å². The van der Waals surface area contributed by atoms with E-state index in [-0.39, 0.29) is 5.41 Å². The van der Waals surface area contributed by atoms with Gasteiger partial charge in [0, 0.05) is 16.3 Å². The van der Waals surface area contributed by atoms with Gasteiger partial charge in [0.25, 0.3) is 0 Å². The Morgan fingerprint density at radius 3 is 2.71 bits per heavy atom. The van der Waals surface area contributed by atoms with Crippen LogP contribution in [0.2, 0.25) is 0 Å². The largest absolute Gasteiger partial charge is 0.396 e. The molecule has 0 spiro atoms. The average molecular weight is 211 g/mol. The first-order chi connectivity index (χ1) is 6.73. The minimum absolute atomic E-state index is 0.129. The summed E-state index contributed by atoms with van der Waals surface area (Å²) in [7, 11) is 1.99. The Morgan fingerprint density at radius 2 is 2.36 bits per heavy atom. The van der Waals surface area contributed by atoms with E-state index >= 15 is 0 Å². The predicted octanol–water partition coefficient (Wildman–Crippen LogP) is 2.09. The second kappa shape index (κ2) is 3.65. The van der Waals surface area contributed by atoms with Gasteiger partial charge in [0.2, 0.25) is 0 Å². The molecule has 1 fully saturated rings. The third-order valence-electron chi connectivity index (χ3n) is 3.27. The van der Waals surface area contributed by atoms with Gasteiger partial charge in [-0.3, -0.25) is 0 Å². The fraction of sp³-hybridized carbons (Fsp3) is 0.636. The summed E-state index contributed by atoms with van der Waals surface area (Å²) < 4.78 is 0. The van der Waals surface area contributed by atoms with Gasteiger partial charge in [-0.15, -0.1) is 11.3 Å². The first kappa shape index (κ1) is 10.1. The molecule has 1 aromatic rings. The first-order valence-electron chi connectivity index (χ1n) is 5.05. The van der Waals surface area contributed by atoms with Crippen LogP contribution in [0.1, 0.15) is 29.3 Å². The standard InChI is InChI=1S/C11H17NOS/c1-8-3-6-14-9(8)10(12-2)11(7-13)4-5-11/h3,6,10,12-13H,4-5,7H2,1-2H3. The fourth-order valence-corrected chi connectivity index (χ4v) is 3.27. The van der Waals surface area contributed by atoms with Crippen molar-refractivity contribution in [2.24, 2.45) is 5.41 Å². The van der Waals surface area contributed by atoms with Crippen LogP contribution >= 0.6 is 11.3 Å². The lowest BCUT2D eigenvalue weighted by Gasteiger charge is -2.24. The number of aryl methyl sites for hydroxylation is 1. The maximum Gasteiger partial charge on any atom is 0.0505 e. The summed E-state index contributed by atoms with van der Waals surface area (Å²) in [5.41, 5.74) is 1.47. The summed E-state index contributed by atoms with van der Waals surface area (Å²) in [6, 6.07) is 2.49. The van der Waals surface area contributed by atoms with Gasteiger partial charge < -0.3 is 10.4 Å².